The molecule has 3 fully saturated rings. The monoisotopic (exact) mass is 447 g/mol. The molecule has 0 radical (unpaired) electrons. The van der Waals surface area contributed by atoms with Gasteiger partial charge in [0.1, 0.15) is 6.54 Å². The van der Waals surface area contributed by atoms with Crippen LogP contribution in [0.2, 0.25) is 0 Å². The van der Waals surface area contributed by atoms with Crippen molar-refractivity contribution >= 4 is 34.3 Å². The Morgan fingerprint density at radius 3 is 2.52 bits per heavy atom. The fourth-order valence-electron chi connectivity index (χ4n) is 6.26. The molecule has 1 aliphatic heterocycles. The zero-order valence-electron chi connectivity index (χ0n) is 18.4. The molecule has 1 saturated heterocycles. The summed E-state index contributed by atoms with van der Waals surface area (Å²) in [5, 5.41) is 8.13. The van der Waals surface area contributed by atoms with Crippen molar-refractivity contribution in [3.8, 4) is 0 Å². The maximum atomic E-state index is 13.0. The molecule has 4 unspecified atom stereocenters. The van der Waals surface area contributed by atoms with Gasteiger partial charge in [-0.1, -0.05) is 18.2 Å². The molecule has 6 rings (SSSR count). The highest BCUT2D eigenvalue weighted by Crippen LogP contribution is 2.56. The third-order valence-electron chi connectivity index (χ3n) is 7.71. The van der Waals surface area contributed by atoms with Crippen LogP contribution in [0.3, 0.4) is 0 Å². The van der Waals surface area contributed by atoms with Crippen molar-refractivity contribution in [2.75, 3.05) is 13.1 Å². The standard InChI is InChI=1S/C24H25N5O4/c1-13-10-14-4-2-3-5-17(14)29-21(13)26-28(24(29)33)9-8-25-18(30)12-27-22(31)19-15-6-7-16(11-15)20(19)23(27)32/h2-5,10,15-16,19-20H,6-9,11-12H2,1H3,(H,25,30). The summed E-state index contributed by atoms with van der Waals surface area (Å²) < 4.78 is 2.92. The number of nitrogens with zero attached hydrogens (tertiary/aromatic N) is 4. The van der Waals surface area contributed by atoms with Gasteiger partial charge in [-0.2, -0.15) is 0 Å². The average Bonchev–Trinajstić information content (AvgIpc) is 3.55. The lowest BCUT2D eigenvalue weighted by atomic mass is 9.81. The van der Waals surface area contributed by atoms with Gasteiger partial charge in [0.25, 0.3) is 0 Å². The Labute approximate surface area is 189 Å². The van der Waals surface area contributed by atoms with E-state index in [9.17, 15) is 19.2 Å². The van der Waals surface area contributed by atoms with E-state index in [1.54, 1.807) is 4.40 Å². The summed E-state index contributed by atoms with van der Waals surface area (Å²) in [5.41, 5.74) is 1.98. The van der Waals surface area contributed by atoms with Gasteiger partial charge in [-0.25, -0.2) is 13.9 Å². The molecule has 3 aromatic rings. The third-order valence-corrected chi connectivity index (χ3v) is 7.71. The minimum Gasteiger partial charge on any atom is -0.353 e. The number of para-hydroxylation sites is 1. The molecular weight excluding hydrogens is 422 g/mol. The second kappa shape index (κ2) is 7.26. The van der Waals surface area contributed by atoms with E-state index in [2.05, 4.69) is 10.4 Å². The summed E-state index contributed by atoms with van der Waals surface area (Å²) in [5.74, 6) is -0.630. The van der Waals surface area contributed by atoms with E-state index in [1.165, 1.54) is 4.68 Å². The Morgan fingerprint density at radius 2 is 1.79 bits per heavy atom. The highest BCUT2D eigenvalue weighted by molar-refractivity contribution is 6.08. The number of nitrogens with one attached hydrogen (secondary N) is 1. The predicted octanol–water partition coefficient (Wildman–Crippen LogP) is 1.10. The Balaban J connectivity index is 1.13. The second-order valence-corrected chi connectivity index (χ2v) is 9.55. The maximum Gasteiger partial charge on any atom is 0.350 e. The van der Waals surface area contributed by atoms with Crippen LogP contribution in [-0.4, -0.2) is 49.9 Å². The van der Waals surface area contributed by atoms with Crippen LogP contribution >= 0.6 is 0 Å². The fraction of sp³-hybridized carbons (Fsp3) is 0.458. The summed E-state index contributed by atoms with van der Waals surface area (Å²) in [6.07, 6.45) is 2.98. The molecule has 2 bridgehead atoms. The number of benzene rings is 1. The Morgan fingerprint density at radius 1 is 1.09 bits per heavy atom. The first-order chi connectivity index (χ1) is 15.9. The number of rotatable bonds is 5. The SMILES string of the molecule is Cc1cc2ccccc2n2c(=O)n(CCNC(=O)CN3C(=O)C4C5CCC(C5)C4C3=O)nc12. The van der Waals surface area contributed by atoms with Crippen molar-refractivity contribution in [1.29, 1.82) is 0 Å². The van der Waals surface area contributed by atoms with Crippen LogP contribution in [0.4, 0.5) is 0 Å². The van der Waals surface area contributed by atoms with Gasteiger partial charge in [0.15, 0.2) is 5.65 Å². The number of aryl methyl sites for hydroxylation is 1. The molecule has 1 aromatic carbocycles. The molecule has 9 heteroatoms. The van der Waals surface area contributed by atoms with Crippen molar-refractivity contribution in [1.82, 2.24) is 24.4 Å². The van der Waals surface area contributed by atoms with E-state index >= 15 is 0 Å². The Hall–Kier alpha value is -3.49. The number of pyridine rings is 1. The molecule has 4 atom stereocenters. The lowest BCUT2D eigenvalue weighted by Crippen LogP contribution is -2.42. The summed E-state index contributed by atoms with van der Waals surface area (Å²) >= 11 is 0. The molecule has 3 aliphatic rings. The largest absolute Gasteiger partial charge is 0.353 e. The summed E-state index contributed by atoms with van der Waals surface area (Å²) in [4.78, 5) is 52.1. The van der Waals surface area contributed by atoms with E-state index in [1.807, 2.05) is 37.3 Å². The smallest absolute Gasteiger partial charge is 0.350 e. The first-order valence-electron chi connectivity index (χ1n) is 11.5. The van der Waals surface area contributed by atoms with E-state index in [4.69, 9.17) is 0 Å². The van der Waals surface area contributed by atoms with Gasteiger partial charge in [-0.05, 0) is 61.1 Å². The van der Waals surface area contributed by atoms with Gasteiger partial charge in [0, 0.05) is 6.54 Å². The summed E-state index contributed by atoms with van der Waals surface area (Å²) in [6, 6.07) is 9.62. The average molecular weight is 447 g/mol. The van der Waals surface area contributed by atoms with Gasteiger partial charge >= 0.3 is 5.69 Å². The molecule has 1 N–H and O–H groups in total. The number of likely N-dealkylation sites (tertiary alicyclic amines) is 1. The topological polar surface area (TPSA) is 106 Å². The third kappa shape index (κ3) is 2.94. The lowest BCUT2D eigenvalue weighted by molar-refractivity contribution is -0.144. The lowest BCUT2D eigenvalue weighted by Gasteiger charge is -2.19. The van der Waals surface area contributed by atoms with Crippen LogP contribution in [0.5, 0.6) is 0 Å². The van der Waals surface area contributed by atoms with E-state index in [-0.39, 0.29) is 49.0 Å². The highest BCUT2D eigenvalue weighted by atomic mass is 16.2. The van der Waals surface area contributed by atoms with Crippen LogP contribution in [0.1, 0.15) is 24.8 Å². The molecule has 33 heavy (non-hydrogen) atoms. The van der Waals surface area contributed by atoms with Crippen molar-refractivity contribution in [2.45, 2.75) is 32.7 Å². The van der Waals surface area contributed by atoms with Crippen molar-refractivity contribution < 1.29 is 14.4 Å². The quantitative estimate of drug-likeness (QED) is 0.590. The van der Waals surface area contributed by atoms with Crippen molar-refractivity contribution in [2.24, 2.45) is 23.7 Å². The van der Waals surface area contributed by atoms with Crippen molar-refractivity contribution in [3.05, 3.63) is 46.4 Å². The fourth-order valence-corrected chi connectivity index (χ4v) is 6.26. The number of hydrogen-bond acceptors (Lipinski definition) is 5. The van der Waals surface area contributed by atoms with E-state index in [0.717, 1.165) is 40.6 Å². The van der Waals surface area contributed by atoms with Gasteiger partial charge in [0.2, 0.25) is 17.7 Å². The minimum absolute atomic E-state index is 0.175. The van der Waals surface area contributed by atoms with Gasteiger partial charge in [-0.3, -0.25) is 19.3 Å². The molecule has 3 amide bonds. The number of amides is 3. The number of carbonyl (C=O) groups excluding carboxylic acids is 3. The number of hydrogen-bond donors (Lipinski definition) is 1. The minimum atomic E-state index is -0.400. The summed E-state index contributed by atoms with van der Waals surface area (Å²) in [6.45, 7) is 2.02. The predicted molar refractivity (Wildman–Crippen MR) is 119 cm³/mol. The molecule has 2 saturated carbocycles. The van der Waals surface area contributed by atoms with Crippen LogP contribution in [-0.2, 0) is 20.9 Å². The molecular formula is C24H25N5O4. The zero-order chi connectivity index (χ0) is 22.9. The van der Waals surface area contributed by atoms with Crippen LogP contribution in [0, 0.1) is 30.6 Å². The summed E-state index contributed by atoms with van der Waals surface area (Å²) in [7, 11) is 0. The van der Waals surface area contributed by atoms with Crippen molar-refractivity contribution in [3.63, 3.8) is 0 Å². The van der Waals surface area contributed by atoms with Crippen LogP contribution in [0.25, 0.3) is 16.6 Å². The second-order valence-electron chi connectivity index (χ2n) is 9.55. The van der Waals surface area contributed by atoms with E-state index in [0.29, 0.717) is 17.5 Å². The van der Waals surface area contributed by atoms with Gasteiger partial charge in [-0.15, -0.1) is 5.10 Å². The Bertz CT molecular complexity index is 1360. The molecule has 170 valence electrons. The molecule has 2 aliphatic carbocycles. The highest BCUT2D eigenvalue weighted by Gasteiger charge is 2.60. The van der Waals surface area contributed by atoms with Crippen LogP contribution in [0.15, 0.2) is 35.1 Å². The van der Waals surface area contributed by atoms with Crippen LogP contribution < -0.4 is 11.0 Å². The van der Waals surface area contributed by atoms with Gasteiger partial charge in [0.05, 0.1) is 23.9 Å². The maximum absolute atomic E-state index is 13.0. The zero-order valence-corrected chi connectivity index (χ0v) is 18.4. The number of fused-ring (bicyclic) bond motifs is 8. The first kappa shape index (κ1) is 20.1. The number of aromatic nitrogens is 3. The van der Waals surface area contributed by atoms with Gasteiger partial charge < -0.3 is 5.32 Å². The molecule has 9 nitrogen and oxygen atoms in total. The number of carbonyl (C=O) groups is 3. The number of imide groups is 1. The molecule has 3 heterocycles. The Kier molecular flexibility index (Phi) is 4.43. The normalized spacial score (nSPS) is 26.0. The molecule has 0 spiro atoms. The first-order valence-corrected chi connectivity index (χ1v) is 11.5. The molecule has 2 aromatic heterocycles. The van der Waals surface area contributed by atoms with E-state index < -0.39 is 5.91 Å².